The number of aromatic hydroxyl groups is 1. The van der Waals surface area contributed by atoms with E-state index >= 15 is 0 Å². The Labute approximate surface area is 128 Å². The monoisotopic (exact) mass is 301 g/mol. The first-order valence-corrected chi connectivity index (χ1v) is 7.20. The van der Waals surface area contributed by atoms with Gasteiger partial charge in [-0.3, -0.25) is 0 Å². The number of hydrogen-bond acceptors (Lipinski definition) is 3. The fourth-order valence-corrected chi connectivity index (χ4v) is 2.45. The predicted octanol–water partition coefficient (Wildman–Crippen LogP) is 4.64. The maximum absolute atomic E-state index is 9.41. The van der Waals surface area contributed by atoms with E-state index < -0.39 is 0 Å². The number of phenols is 1. The molecular formula is C17H16ClNO2. The third-order valence-electron chi connectivity index (χ3n) is 3.50. The smallest absolute Gasteiger partial charge is 0.134 e. The minimum Gasteiger partial charge on any atom is -0.506 e. The standard InChI is InChI=1S/C17H16ClNO2/c1-11(17-9-13-4-2-3-5-16(13)21-17)19-10-12-6-7-15(20)14(18)8-12/h2-9,11,19-20H,10H2,1H3. The van der Waals surface area contributed by atoms with Gasteiger partial charge in [-0.15, -0.1) is 0 Å². The zero-order valence-corrected chi connectivity index (χ0v) is 12.4. The molecule has 0 saturated carbocycles. The molecule has 0 amide bonds. The van der Waals surface area contributed by atoms with E-state index in [9.17, 15) is 5.11 Å². The number of hydrogen-bond donors (Lipinski definition) is 2. The number of benzene rings is 2. The van der Waals surface area contributed by atoms with Crippen LogP contribution in [0.4, 0.5) is 0 Å². The summed E-state index contributed by atoms with van der Waals surface area (Å²) in [5, 5.41) is 14.3. The Morgan fingerprint density at radius 1 is 1.19 bits per heavy atom. The Kier molecular flexibility index (Phi) is 3.86. The lowest BCUT2D eigenvalue weighted by Crippen LogP contribution is -2.17. The van der Waals surface area contributed by atoms with E-state index in [1.54, 1.807) is 12.1 Å². The van der Waals surface area contributed by atoms with E-state index in [1.165, 1.54) is 0 Å². The molecule has 0 fully saturated rings. The third kappa shape index (κ3) is 3.04. The molecule has 1 heterocycles. The minimum atomic E-state index is 0.0879. The quantitative estimate of drug-likeness (QED) is 0.737. The van der Waals surface area contributed by atoms with E-state index in [0.717, 1.165) is 22.3 Å². The Hall–Kier alpha value is -1.97. The van der Waals surface area contributed by atoms with Gasteiger partial charge in [0, 0.05) is 11.9 Å². The van der Waals surface area contributed by atoms with Gasteiger partial charge in [0.05, 0.1) is 11.1 Å². The molecule has 1 aromatic heterocycles. The van der Waals surface area contributed by atoms with Gasteiger partial charge in [0.1, 0.15) is 17.1 Å². The first-order chi connectivity index (χ1) is 10.1. The number of furan rings is 1. The van der Waals surface area contributed by atoms with Gasteiger partial charge in [0.15, 0.2) is 0 Å². The second-order valence-electron chi connectivity index (χ2n) is 5.07. The second-order valence-corrected chi connectivity index (χ2v) is 5.48. The SMILES string of the molecule is CC(NCc1ccc(O)c(Cl)c1)c1cc2ccccc2o1. The number of phenolic OH excluding ortho intramolecular Hbond substituents is 1. The van der Waals surface area contributed by atoms with Gasteiger partial charge in [-0.05, 0) is 36.8 Å². The lowest BCUT2D eigenvalue weighted by Gasteiger charge is -2.11. The Bertz CT molecular complexity index is 733. The highest BCUT2D eigenvalue weighted by Crippen LogP contribution is 2.25. The van der Waals surface area contributed by atoms with Crippen molar-refractivity contribution in [3.8, 4) is 5.75 Å². The molecule has 1 unspecified atom stereocenters. The number of rotatable bonds is 4. The molecule has 1 atom stereocenters. The largest absolute Gasteiger partial charge is 0.506 e. The Balaban J connectivity index is 1.70. The van der Waals surface area contributed by atoms with Crippen molar-refractivity contribution in [1.29, 1.82) is 0 Å². The van der Waals surface area contributed by atoms with Crippen LogP contribution < -0.4 is 5.32 Å². The van der Waals surface area contributed by atoms with Crippen molar-refractivity contribution >= 4 is 22.6 Å². The number of para-hydroxylation sites is 1. The normalized spacial score (nSPS) is 12.7. The molecule has 0 saturated heterocycles. The molecule has 2 aromatic carbocycles. The van der Waals surface area contributed by atoms with Crippen LogP contribution in [0.25, 0.3) is 11.0 Å². The summed E-state index contributed by atoms with van der Waals surface area (Å²) in [7, 11) is 0. The number of nitrogens with one attached hydrogen (secondary N) is 1. The third-order valence-corrected chi connectivity index (χ3v) is 3.80. The average molecular weight is 302 g/mol. The van der Waals surface area contributed by atoms with Crippen LogP contribution in [0.15, 0.2) is 52.9 Å². The highest BCUT2D eigenvalue weighted by molar-refractivity contribution is 6.32. The van der Waals surface area contributed by atoms with Crippen LogP contribution in [0.5, 0.6) is 5.75 Å². The summed E-state index contributed by atoms with van der Waals surface area (Å²) in [5.41, 5.74) is 1.91. The van der Waals surface area contributed by atoms with Gasteiger partial charge < -0.3 is 14.8 Å². The molecule has 3 nitrogen and oxygen atoms in total. The van der Waals surface area contributed by atoms with Crippen molar-refractivity contribution in [3.05, 3.63) is 64.9 Å². The molecule has 3 aromatic rings. The average Bonchev–Trinajstić information content (AvgIpc) is 2.92. The van der Waals surface area contributed by atoms with Crippen LogP contribution in [0, 0.1) is 0 Å². The summed E-state index contributed by atoms with van der Waals surface area (Å²) in [6.07, 6.45) is 0. The molecule has 108 valence electrons. The van der Waals surface area contributed by atoms with Crippen molar-refractivity contribution in [2.75, 3.05) is 0 Å². The van der Waals surface area contributed by atoms with Crippen LogP contribution in [-0.4, -0.2) is 5.11 Å². The molecule has 0 aliphatic carbocycles. The molecule has 2 N–H and O–H groups in total. The fourth-order valence-electron chi connectivity index (χ4n) is 2.25. The minimum absolute atomic E-state index is 0.0879. The summed E-state index contributed by atoms with van der Waals surface area (Å²) < 4.78 is 5.83. The van der Waals surface area contributed by atoms with Gasteiger partial charge in [0.2, 0.25) is 0 Å². The van der Waals surface area contributed by atoms with E-state index in [2.05, 4.69) is 18.3 Å². The molecule has 0 spiro atoms. The molecular weight excluding hydrogens is 286 g/mol. The first-order valence-electron chi connectivity index (χ1n) is 6.83. The van der Waals surface area contributed by atoms with Crippen molar-refractivity contribution in [1.82, 2.24) is 5.32 Å². The molecule has 4 heteroatoms. The van der Waals surface area contributed by atoms with Crippen molar-refractivity contribution < 1.29 is 9.52 Å². The molecule has 21 heavy (non-hydrogen) atoms. The van der Waals surface area contributed by atoms with Crippen LogP contribution in [0.1, 0.15) is 24.3 Å². The zero-order valence-electron chi connectivity index (χ0n) is 11.6. The fraction of sp³-hybridized carbons (Fsp3) is 0.176. The highest BCUT2D eigenvalue weighted by atomic mass is 35.5. The van der Waals surface area contributed by atoms with Crippen molar-refractivity contribution in [3.63, 3.8) is 0 Å². The molecule has 0 radical (unpaired) electrons. The van der Waals surface area contributed by atoms with Crippen molar-refractivity contribution in [2.24, 2.45) is 0 Å². The number of fused-ring (bicyclic) bond motifs is 1. The summed E-state index contributed by atoms with van der Waals surface area (Å²) in [6, 6.07) is 15.3. The lowest BCUT2D eigenvalue weighted by atomic mass is 10.2. The number of halogens is 1. The molecule has 0 aliphatic rings. The van der Waals surface area contributed by atoms with E-state index in [-0.39, 0.29) is 11.8 Å². The maximum atomic E-state index is 9.41. The summed E-state index contributed by atoms with van der Waals surface area (Å²) in [4.78, 5) is 0. The van der Waals surface area contributed by atoms with Crippen LogP contribution in [0.3, 0.4) is 0 Å². The highest BCUT2D eigenvalue weighted by Gasteiger charge is 2.11. The maximum Gasteiger partial charge on any atom is 0.134 e. The van der Waals surface area contributed by atoms with Gasteiger partial charge in [-0.1, -0.05) is 35.9 Å². The Morgan fingerprint density at radius 3 is 2.76 bits per heavy atom. The van der Waals surface area contributed by atoms with Crippen LogP contribution >= 0.6 is 11.6 Å². The summed E-state index contributed by atoms with van der Waals surface area (Å²) in [6.45, 7) is 2.71. The first kappa shape index (κ1) is 14.0. The summed E-state index contributed by atoms with van der Waals surface area (Å²) in [5.74, 6) is 1.01. The van der Waals surface area contributed by atoms with E-state index in [0.29, 0.717) is 11.6 Å². The predicted molar refractivity (Wildman–Crippen MR) is 84.6 cm³/mol. The van der Waals surface area contributed by atoms with E-state index in [4.69, 9.17) is 16.0 Å². The van der Waals surface area contributed by atoms with E-state index in [1.807, 2.05) is 30.3 Å². The van der Waals surface area contributed by atoms with Crippen molar-refractivity contribution in [2.45, 2.75) is 19.5 Å². The summed E-state index contributed by atoms with van der Waals surface area (Å²) >= 11 is 5.90. The van der Waals surface area contributed by atoms with Gasteiger partial charge >= 0.3 is 0 Å². The van der Waals surface area contributed by atoms with Crippen LogP contribution in [-0.2, 0) is 6.54 Å². The van der Waals surface area contributed by atoms with Crippen LogP contribution in [0.2, 0.25) is 5.02 Å². The second kappa shape index (κ2) is 5.80. The van der Waals surface area contributed by atoms with Gasteiger partial charge in [-0.2, -0.15) is 0 Å². The van der Waals surface area contributed by atoms with Gasteiger partial charge in [-0.25, -0.2) is 0 Å². The zero-order chi connectivity index (χ0) is 14.8. The molecule has 0 aliphatic heterocycles. The molecule has 0 bridgehead atoms. The molecule has 3 rings (SSSR count). The topological polar surface area (TPSA) is 45.4 Å². The lowest BCUT2D eigenvalue weighted by molar-refractivity contribution is 0.450. The Morgan fingerprint density at radius 2 is 2.00 bits per heavy atom. The van der Waals surface area contributed by atoms with Gasteiger partial charge in [0.25, 0.3) is 0 Å².